The number of hydrogen-bond acceptors (Lipinski definition) is 8. The van der Waals surface area contributed by atoms with Crippen molar-refractivity contribution in [2.45, 2.75) is 6.92 Å². The van der Waals surface area contributed by atoms with Gasteiger partial charge in [-0.25, -0.2) is 19.7 Å². The number of rotatable bonds is 7. The fourth-order valence-electron chi connectivity index (χ4n) is 2.65. The summed E-state index contributed by atoms with van der Waals surface area (Å²) < 4.78 is 16.1. The zero-order valence-corrected chi connectivity index (χ0v) is 16.6. The summed E-state index contributed by atoms with van der Waals surface area (Å²) in [7, 11) is 4.64. The molecule has 0 aliphatic rings. The van der Waals surface area contributed by atoms with Crippen molar-refractivity contribution in [2.75, 3.05) is 38.5 Å². The van der Waals surface area contributed by atoms with Crippen molar-refractivity contribution in [1.29, 1.82) is 0 Å². The molecule has 0 aliphatic carbocycles. The van der Waals surface area contributed by atoms with Crippen LogP contribution in [0.4, 0.5) is 22.1 Å². The standard InChI is InChI=1S/C19H22N6O4/c1-5-20-19(26)25-16-10-21-12-6-7-15(23-18(12)24-16)22-11-8-13(27-2)17(29-4)14(9-11)28-3/h6-10H,5H2,1-4H3,(H3,20,22,23,24,25,26). The SMILES string of the molecule is CCNC(=O)Nc1cnc2ccc(Nc3cc(OC)c(OC)c(OC)c3)nc2n1. The summed E-state index contributed by atoms with van der Waals surface area (Å²) in [4.78, 5) is 24.7. The molecule has 2 heterocycles. The fraction of sp³-hybridized carbons (Fsp3) is 0.263. The molecule has 0 radical (unpaired) electrons. The largest absolute Gasteiger partial charge is 0.493 e. The highest BCUT2D eigenvalue weighted by Crippen LogP contribution is 2.40. The molecule has 2 amide bonds. The Balaban J connectivity index is 1.89. The maximum Gasteiger partial charge on any atom is 0.320 e. The van der Waals surface area contributed by atoms with Gasteiger partial charge in [0, 0.05) is 24.4 Å². The van der Waals surface area contributed by atoms with E-state index in [4.69, 9.17) is 14.2 Å². The van der Waals surface area contributed by atoms with Crippen LogP contribution in [-0.4, -0.2) is 48.9 Å². The van der Waals surface area contributed by atoms with E-state index in [0.29, 0.717) is 52.3 Å². The van der Waals surface area contributed by atoms with Crippen molar-refractivity contribution in [2.24, 2.45) is 0 Å². The highest BCUT2D eigenvalue weighted by molar-refractivity contribution is 5.89. The summed E-state index contributed by atoms with van der Waals surface area (Å²) in [5, 5.41) is 8.43. The van der Waals surface area contributed by atoms with Crippen LogP contribution in [0.15, 0.2) is 30.5 Å². The Labute approximate surface area is 167 Å². The average molecular weight is 398 g/mol. The summed E-state index contributed by atoms with van der Waals surface area (Å²) in [5.74, 6) is 2.38. The first-order chi connectivity index (χ1) is 14.1. The van der Waals surface area contributed by atoms with Crippen molar-refractivity contribution in [3.8, 4) is 17.2 Å². The molecule has 152 valence electrons. The molecule has 3 rings (SSSR count). The summed E-state index contributed by atoms with van der Waals surface area (Å²) in [5.41, 5.74) is 1.68. The fourth-order valence-corrected chi connectivity index (χ4v) is 2.65. The van der Waals surface area contributed by atoms with Crippen LogP contribution < -0.4 is 30.2 Å². The van der Waals surface area contributed by atoms with E-state index in [-0.39, 0.29) is 6.03 Å². The van der Waals surface area contributed by atoms with Gasteiger partial charge in [-0.3, -0.25) is 5.32 Å². The zero-order chi connectivity index (χ0) is 20.8. The number of amides is 2. The van der Waals surface area contributed by atoms with Gasteiger partial charge < -0.3 is 24.8 Å². The third kappa shape index (κ3) is 4.54. The second-order valence-corrected chi connectivity index (χ2v) is 5.82. The first-order valence-corrected chi connectivity index (χ1v) is 8.83. The van der Waals surface area contributed by atoms with Gasteiger partial charge in [0.1, 0.15) is 11.3 Å². The minimum Gasteiger partial charge on any atom is -0.493 e. The number of nitrogens with zero attached hydrogens (tertiary/aromatic N) is 3. The van der Waals surface area contributed by atoms with Crippen LogP contribution in [0.3, 0.4) is 0 Å². The van der Waals surface area contributed by atoms with Crippen molar-refractivity contribution in [3.63, 3.8) is 0 Å². The summed E-state index contributed by atoms with van der Waals surface area (Å²) in [6, 6.07) is 6.74. The van der Waals surface area contributed by atoms with Crippen molar-refractivity contribution in [3.05, 3.63) is 30.5 Å². The van der Waals surface area contributed by atoms with Gasteiger partial charge in [0.05, 0.1) is 27.5 Å². The Morgan fingerprint density at radius 2 is 1.69 bits per heavy atom. The lowest BCUT2D eigenvalue weighted by Gasteiger charge is -2.15. The molecule has 0 saturated carbocycles. The van der Waals surface area contributed by atoms with E-state index < -0.39 is 0 Å². The molecule has 0 atom stereocenters. The third-order valence-corrected chi connectivity index (χ3v) is 3.92. The second kappa shape index (κ2) is 8.91. The van der Waals surface area contributed by atoms with Crippen LogP contribution in [0, 0.1) is 0 Å². The maximum atomic E-state index is 11.7. The normalized spacial score (nSPS) is 10.3. The molecule has 0 fully saturated rings. The third-order valence-electron chi connectivity index (χ3n) is 3.92. The number of benzene rings is 1. The van der Waals surface area contributed by atoms with Crippen molar-refractivity contribution < 1.29 is 19.0 Å². The number of aromatic nitrogens is 3. The minimum atomic E-state index is -0.354. The summed E-state index contributed by atoms with van der Waals surface area (Å²) in [6.45, 7) is 2.34. The molecule has 10 heteroatoms. The number of anilines is 3. The molecular weight excluding hydrogens is 376 g/mol. The van der Waals surface area contributed by atoms with Gasteiger partial charge in [-0.1, -0.05) is 0 Å². The van der Waals surface area contributed by atoms with Crippen LogP contribution in [0.1, 0.15) is 6.92 Å². The predicted octanol–water partition coefficient (Wildman–Crippen LogP) is 2.94. The Morgan fingerprint density at radius 3 is 2.31 bits per heavy atom. The number of hydrogen-bond donors (Lipinski definition) is 3. The molecule has 0 aliphatic heterocycles. The van der Waals surface area contributed by atoms with E-state index in [2.05, 4.69) is 30.9 Å². The van der Waals surface area contributed by atoms with Crippen molar-refractivity contribution >= 4 is 34.5 Å². The number of urea groups is 1. The highest BCUT2D eigenvalue weighted by Gasteiger charge is 2.14. The molecule has 0 unspecified atom stereocenters. The van der Waals surface area contributed by atoms with Crippen LogP contribution in [0.2, 0.25) is 0 Å². The molecular formula is C19H22N6O4. The Kier molecular flexibility index (Phi) is 6.12. The molecule has 3 aromatic rings. The predicted molar refractivity (Wildman–Crippen MR) is 109 cm³/mol. The highest BCUT2D eigenvalue weighted by atomic mass is 16.5. The Bertz CT molecular complexity index is 1000. The van der Waals surface area contributed by atoms with E-state index in [0.717, 1.165) is 0 Å². The van der Waals surface area contributed by atoms with Gasteiger partial charge in [-0.05, 0) is 19.1 Å². The van der Waals surface area contributed by atoms with E-state index in [1.54, 1.807) is 45.6 Å². The lowest BCUT2D eigenvalue weighted by atomic mass is 10.2. The number of carbonyl (C=O) groups is 1. The number of pyridine rings is 1. The maximum absolute atomic E-state index is 11.7. The van der Waals surface area contributed by atoms with Crippen molar-refractivity contribution in [1.82, 2.24) is 20.3 Å². The summed E-state index contributed by atoms with van der Waals surface area (Å²) in [6.07, 6.45) is 1.48. The lowest BCUT2D eigenvalue weighted by Crippen LogP contribution is -2.28. The molecule has 3 N–H and O–H groups in total. The summed E-state index contributed by atoms with van der Waals surface area (Å²) >= 11 is 0. The average Bonchev–Trinajstić information content (AvgIpc) is 2.72. The Hall–Kier alpha value is -3.82. The lowest BCUT2D eigenvalue weighted by molar-refractivity contribution is 0.252. The van der Waals surface area contributed by atoms with E-state index in [1.807, 2.05) is 6.92 Å². The molecule has 29 heavy (non-hydrogen) atoms. The van der Waals surface area contributed by atoms with Gasteiger partial charge in [0.15, 0.2) is 23.0 Å². The smallest absolute Gasteiger partial charge is 0.320 e. The van der Waals surface area contributed by atoms with E-state index in [9.17, 15) is 4.79 Å². The monoisotopic (exact) mass is 398 g/mol. The number of fused-ring (bicyclic) bond motifs is 1. The van der Waals surface area contributed by atoms with Gasteiger partial charge in [0.25, 0.3) is 0 Å². The number of methoxy groups -OCH3 is 3. The topological polar surface area (TPSA) is 120 Å². The van der Waals surface area contributed by atoms with E-state index in [1.165, 1.54) is 6.20 Å². The van der Waals surface area contributed by atoms with Crippen LogP contribution in [0.5, 0.6) is 17.2 Å². The van der Waals surface area contributed by atoms with Crippen LogP contribution in [-0.2, 0) is 0 Å². The van der Waals surface area contributed by atoms with Crippen LogP contribution in [0.25, 0.3) is 11.2 Å². The molecule has 2 aromatic heterocycles. The van der Waals surface area contributed by atoms with E-state index >= 15 is 0 Å². The minimum absolute atomic E-state index is 0.306. The van der Waals surface area contributed by atoms with Crippen LogP contribution >= 0.6 is 0 Å². The second-order valence-electron chi connectivity index (χ2n) is 5.82. The van der Waals surface area contributed by atoms with Gasteiger partial charge in [0.2, 0.25) is 5.75 Å². The molecule has 1 aromatic carbocycles. The molecule has 0 bridgehead atoms. The molecule has 0 spiro atoms. The first-order valence-electron chi connectivity index (χ1n) is 8.83. The molecule has 0 saturated heterocycles. The number of ether oxygens (including phenoxy) is 3. The quantitative estimate of drug-likeness (QED) is 0.556. The first kappa shape index (κ1) is 19.9. The van der Waals surface area contributed by atoms with Gasteiger partial charge in [-0.2, -0.15) is 0 Å². The Morgan fingerprint density at radius 1 is 1.00 bits per heavy atom. The molecule has 10 nitrogen and oxygen atoms in total. The zero-order valence-electron chi connectivity index (χ0n) is 16.6. The van der Waals surface area contributed by atoms with Gasteiger partial charge >= 0.3 is 6.03 Å². The number of nitrogens with one attached hydrogen (secondary N) is 3. The number of carbonyl (C=O) groups excluding carboxylic acids is 1. The van der Waals surface area contributed by atoms with Gasteiger partial charge in [-0.15, -0.1) is 0 Å².